The van der Waals surface area contributed by atoms with E-state index < -0.39 is 0 Å². The number of para-hydroxylation sites is 1. The molecule has 6 rings (SSSR count). The van der Waals surface area contributed by atoms with Gasteiger partial charge in [-0.05, 0) is 43.2 Å². The summed E-state index contributed by atoms with van der Waals surface area (Å²) in [5, 5.41) is 22.8. The first-order valence-electron chi connectivity index (χ1n) is 10.7. The minimum atomic E-state index is -0.372. The predicted molar refractivity (Wildman–Crippen MR) is 129 cm³/mol. The van der Waals surface area contributed by atoms with E-state index in [-0.39, 0.29) is 16.7 Å². The van der Waals surface area contributed by atoms with E-state index in [0.29, 0.717) is 22.5 Å². The van der Waals surface area contributed by atoms with E-state index in [1.807, 2.05) is 24.4 Å². The van der Waals surface area contributed by atoms with Crippen LogP contribution in [-0.4, -0.2) is 35.9 Å². The molecule has 0 radical (unpaired) electrons. The fraction of sp³-hybridized carbons (Fsp3) is 0.174. The highest BCUT2D eigenvalue weighted by atomic mass is 32.2. The Morgan fingerprint density at radius 2 is 1.94 bits per heavy atom. The molecule has 5 aromatic rings. The molecule has 3 heterocycles. The van der Waals surface area contributed by atoms with Gasteiger partial charge in [0.15, 0.2) is 11.0 Å². The fourth-order valence-corrected chi connectivity index (χ4v) is 5.45. The number of nitrogens with one attached hydrogen (secondary N) is 2. The van der Waals surface area contributed by atoms with Crippen LogP contribution in [0.3, 0.4) is 0 Å². The Labute approximate surface area is 201 Å². The van der Waals surface area contributed by atoms with Gasteiger partial charge in [0, 0.05) is 34.4 Å². The molecule has 1 fully saturated rings. The molecule has 0 atom stereocenters. The molecule has 2 aromatic carbocycles. The van der Waals surface area contributed by atoms with Gasteiger partial charge in [-0.3, -0.25) is 9.36 Å². The highest BCUT2D eigenvalue weighted by Crippen LogP contribution is 2.42. The molecule has 11 heteroatoms. The van der Waals surface area contributed by atoms with Gasteiger partial charge in [-0.1, -0.05) is 41.3 Å². The molecule has 2 N–H and O–H groups in total. The highest BCUT2D eigenvalue weighted by Gasteiger charge is 2.31. The van der Waals surface area contributed by atoms with Crippen molar-refractivity contribution in [1.82, 2.24) is 29.9 Å². The molecule has 0 unspecified atom stereocenters. The first-order valence-corrected chi connectivity index (χ1v) is 12.5. The van der Waals surface area contributed by atoms with Crippen molar-refractivity contribution in [3.8, 4) is 11.4 Å². The number of benzene rings is 2. The van der Waals surface area contributed by atoms with Crippen molar-refractivity contribution in [3.05, 3.63) is 70.6 Å². The van der Waals surface area contributed by atoms with Crippen LogP contribution in [0.4, 0.5) is 10.1 Å². The van der Waals surface area contributed by atoms with E-state index in [1.54, 1.807) is 0 Å². The van der Waals surface area contributed by atoms with Crippen LogP contribution < -0.4 is 5.32 Å². The number of carbonyl (C=O) groups excluding carboxylic acids is 1. The summed E-state index contributed by atoms with van der Waals surface area (Å²) in [5.41, 5.74) is 2.61. The van der Waals surface area contributed by atoms with Crippen molar-refractivity contribution in [2.24, 2.45) is 0 Å². The molecule has 1 amide bonds. The van der Waals surface area contributed by atoms with Crippen LogP contribution in [0, 0.1) is 5.82 Å². The van der Waals surface area contributed by atoms with Crippen LogP contribution in [0.1, 0.15) is 33.7 Å². The van der Waals surface area contributed by atoms with Crippen molar-refractivity contribution in [1.29, 1.82) is 0 Å². The van der Waals surface area contributed by atoms with Gasteiger partial charge in [0.2, 0.25) is 5.01 Å². The normalized spacial score (nSPS) is 13.4. The number of anilines is 1. The Morgan fingerprint density at radius 1 is 1.12 bits per heavy atom. The Bertz CT molecular complexity index is 1490. The maximum Gasteiger partial charge on any atom is 0.286 e. The largest absolute Gasteiger partial charge is 0.360 e. The van der Waals surface area contributed by atoms with Crippen molar-refractivity contribution in [2.75, 3.05) is 5.32 Å². The summed E-state index contributed by atoms with van der Waals surface area (Å²) in [7, 11) is 0. The maximum absolute atomic E-state index is 13.1. The standard InChI is InChI=1S/C23H18FN7OS2/c24-13-5-7-14(8-6-13)26-21(32)22-29-27-19(34-22)12-33-23-30-28-20(31(23)15-9-10-15)17-11-25-18-4-2-1-3-16(17)18/h1-8,11,15,25H,9-10,12H2,(H,26,32). The third kappa shape index (κ3) is 4.08. The minimum absolute atomic E-state index is 0.253. The number of halogens is 1. The molecule has 0 saturated heterocycles. The third-order valence-corrected chi connectivity index (χ3v) is 7.55. The van der Waals surface area contributed by atoms with Gasteiger partial charge in [0.05, 0.1) is 5.75 Å². The molecule has 170 valence electrons. The smallest absolute Gasteiger partial charge is 0.286 e. The van der Waals surface area contributed by atoms with Gasteiger partial charge < -0.3 is 10.3 Å². The number of aromatic amines is 1. The Kier molecular flexibility index (Phi) is 5.34. The van der Waals surface area contributed by atoms with Crippen LogP contribution in [-0.2, 0) is 5.75 Å². The summed E-state index contributed by atoms with van der Waals surface area (Å²) in [4.78, 5) is 15.8. The van der Waals surface area contributed by atoms with E-state index >= 15 is 0 Å². The fourth-order valence-electron chi connectivity index (χ4n) is 3.73. The van der Waals surface area contributed by atoms with Crippen molar-refractivity contribution >= 4 is 45.6 Å². The zero-order valence-electron chi connectivity index (χ0n) is 17.7. The number of fused-ring (bicyclic) bond motifs is 1. The summed E-state index contributed by atoms with van der Waals surface area (Å²) in [6.07, 6.45) is 4.19. The van der Waals surface area contributed by atoms with Crippen molar-refractivity contribution in [2.45, 2.75) is 29.8 Å². The van der Waals surface area contributed by atoms with Gasteiger partial charge in [0.25, 0.3) is 5.91 Å². The molecule has 3 aromatic heterocycles. The minimum Gasteiger partial charge on any atom is -0.360 e. The van der Waals surface area contributed by atoms with Crippen LogP contribution in [0.5, 0.6) is 0 Å². The Morgan fingerprint density at radius 3 is 2.76 bits per heavy atom. The molecule has 1 aliphatic rings. The van der Waals surface area contributed by atoms with Crippen molar-refractivity contribution in [3.63, 3.8) is 0 Å². The Balaban J connectivity index is 1.18. The van der Waals surface area contributed by atoms with E-state index in [1.165, 1.54) is 47.4 Å². The molecular formula is C23H18FN7OS2. The first-order chi connectivity index (χ1) is 16.7. The number of hydrogen-bond donors (Lipinski definition) is 2. The predicted octanol–water partition coefficient (Wildman–Crippen LogP) is 5.30. The van der Waals surface area contributed by atoms with Gasteiger partial charge in [-0.2, -0.15) is 0 Å². The SMILES string of the molecule is O=C(Nc1ccc(F)cc1)c1nnc(CSc2nnc(-c3c[nH]c4ccccc34)n2C2CC2)s1. The van der Waals surface area contributed by atoms with Crippen LogP contribution >= 0.6 is 23.1 Å². The second kappa shape index (κ2) is 8.65. The van der Waals surface area contributed by atoms with Crippen LogP contribution in [0.15, 0.2) is 59.9 Å². The number of rotatable bonds is 7. The average Bonchev–Trinajstić information content (AvgIpc) is 3.24. The van der Waals surface area contributed by atoms with E-state index in [0.717, 1.165) is 40.3 Å². The zero-order valence-corrected chi connectivity index (χ0v) is 19.4. The number of nitrogens with zero attached hydrogens (tertiary/aromatic N) is 5. The molecule has 0 bridgehead atoms. The third-order valence-electron chi connectivity index (χ3n) is 5.49. The molecule has 0 aliphatic heterocycles. The topological polar surface area (TPSA) is 101 Å². The van der Waals surface area contributed by atoms with Crippen LogP contribution in [0.25, 0.3) is 22.3 Å². The lowest BCUT2D eigenvalue weighted by atomic mass is 10.1. The molecule has 34 heavy (non-hydrogen) atoms. The number of hydrogen-bond acceptors (Lipinski definition) is 7. The summed E-state index contributed by atoms with van der Waals surface area (Å²) < 4.78 is 15.3. The van der Waals surface area contributed by atoms with E-state index in [2.05, 4.69) is 41.3 Å². The van der Waals surface area contributed by atoms with Crippen molar-refractivity contribution < 1.29 is 9.18 Å². The average molecular weight is 492 g/mol. The van der Waals surface area contributed by atoms with E-state index in [4.69, 9.17) is 0 Å². The number of carbonyl (C=O) groups is 1. The monoisotopic (exact) mass is 491 g/mol. The summed E-state index contributed by atoms with van der Waals surface area (Å²) in [6.45, 7) is 0. The maximum atomic E-state index is 13.1. The van der Waals surface area contributed by atoms with Crippen LogP contribution in [0.2, 0.25) is 0 Å². The number of amides is 1. The summed E-state index contributed by atoms with van der Waals surface area (Å²) >= 11 is 2.76. The quantitative estimate of drug-likeness (QED) is 0.300. The highest BCUT2D eigenvalue weighted by molar-refractivity contribution is 7.98. The second-order valence-corrected chi connectivity index (χ2v) is 9.91. The lowest BCUT2D eigenvalue weighted by Crippen LogP contribution is -2.11. The summed E-state index contributed by atoms with van der Waals surface area (Å²) in [6, 6.07) is 14.1. The number of thioether (sulfide) groups is 1. The first kappa shape index (κ1) is 21.0. The second-order valence-electron chi connectivity index (χ2n) is 7.91. The summed E-state index contributed by atoms with van der Waals surface area (Å²) in [5.74, 6) is 0.655. The van der Waals surface area contributed by atoms with Gasteiger partial charge in [-0.25, -0.2) is 4.39 Å². The number of aromatic nitrogens is 6. The lowest BCUT2D eigenvalue weighted by molar-refractivity contribution is 0.102. The van der Waals surface area contributed by atoms with Gasteiger partial charge in [0.1, 0.15) is 10.8 Å². The number of H-pyrrole nitrogens is 1. The van der Waals surface area contributed by atoms with Gasteiger partial charge >= 0.3 is 0 Å². The Hall–Kier alpha value is -3.57. The van der Waals surface area contributed by atoms with Gasteiger partial charge in [-0.15, -0.1) is 20.4 Å². The lowest BCUT2D eigenvalue weighted by Gasteiger charge is -2.07. The molecular weight excluding hydrogens is 473 g/mol. The zero-order chi connectivity index (χ0) is 23.1. The molecule has 0 spiro atoms. The molecule has 8 nitrogen and oxygen atoms in total. The van der Waals surface area contributed by atoms with E-state index in [9.17, 15) is 9.18 Å². The molecule has 1 aliphatic carbocycles. The molecule has 1 saturated carbocycles.